The van der Waals surface area contributed by atoms with Crippen molar-refractivity contribution in [3.05, 3.63) is 54.4 Å². The fourth-order valence-electron chi connectivity index (χ4n) is 2.85. The normalized spacial score (nSPS) is 11.5. The highest BCUT2D eigenvalue weighted by Gasteiger charge is 2.23. The van der Waals surface area contributed by atoms with Gasteiger partial charge in [-0.15, -0.1) is 0 Å². The molecular formula is C20H23N3O2. The minimum absolute atomic E-state index is 0.0955. The molecule has 3 aromatic rings. The lowest BCUT2D eigenvalue weighted by Crippen LogP contribution is -2.25. The maximum atomic E-state index is 12.6. The summed E-state index contributed by atoms with van der Waals surface area (Å²) in [4.78, 5) is 17.3. The van der Waals surface area contributed by atoms with Gasteiger partial charge in [-0.05, 0) is 24.3 Å². The molecule has 0 unspecified atom stereocenters. The van der Waals surface area contributed by atoms with Crippen LogP contribution in [-0.2, 0) is 16.8 Å². The summed E-state index contributed by atoms with van der Waals surface area (Å²) >= 11 is 0. The van der Waals surface area contributed by atoms with Gasteiger partial charge in [0.15, 0.2) is 0 Å². The second-order valence-corrected chi connectivity index (χ2v) is 7.04. The Morgan fingerprint density at radius 2 is 1.92 bits per heavy atom. The van der Waals surface area contributed by atoms with Gasteiger partial charge in [-0.1, -0.05) is 39.0 Å². The van der Waals surface area contributed by atoms with Gasteiger partial charge in [-0.3, -0.25) is 4.79 Å². The van der Waals surface area contributed by atoms with Crippen LogP contribution < -0.4 is 10.1 Å². The van der Waals surface area contributed by atoms with E-state index in [9.17, 15) is 4.79 Å². The molecule has 2 aromatic carbocycles. The molecule has 25 heavy (non-hydrogen) atoms. The molecule has 1 amide bonds. The number of carbonyl (C=O) groups is 1. The molecule has 5 nitrogen and oxygen atoms in total. The Bertz CT molecular complexity index is 907. The van der Waals surface area contributed by atoms with Crippen LogP contribution in [0.25, 0.3) is 11.0 Å². The lowest BCUT2D eigenvalue weighted by atomic mass is 9.95. The lowest BCUT2D eigenvalue weighted by molar-refractivity contribution is -0.116. The Hall–Kier alpha value is -2.82. The molecule has 0 bridgehead atoms. The van der Waals surface area contributed by atoms with E-state index < -0.39 is 0 Å². The molecule has 1 aromatic heterocycles. The van der Waals surface area contributed by atoms with Gasteiger partial charge in [0.2, 0.25) is 5.91 Å². The van der Waals surface area contributed by atoms with Crippen LogP contribution in [0.4, 0.5) is 5.69 Å². The second-order valence-electron chi connectivity index (χ2n) is 7.04. The summed E-state index contributed by atoms with van der Waals surface area (Å²) in [5.74, 6) is 1.51. The van der Waals surface area contributed by atoms with Gasteiger partial charge in [0.1, 0.15) is 18.1 Å². The minimum atomic E-state index is -0.157. The number of rotatable bonds is 4. The predicted molar refractivity (Wildman–Crippen MR) is 100 cm³/mol. The number of hydrogen-bond donors (Lipinski definition) is 1. The lowest BCUT2D eigenvalue weighted by Gasteiger charge is -2.20. The number of imidazole rings is 1. The smallest absolute Gasteiger partial charge is 0.244 e. The number of benzene rings is 2. The van der Waals surface area contributed by atoms with Crippen molar-refractivity contribution in [3.8, 4) is 5.75 Å². The van der Waals surface area contributed by atoms with Crippen molar-refractivity contribution in [2.75, 3.05) is 12.4 Å². The first-order chi connectivity index (χ1) is 11.9. The van der Waals surface area contributed by atoms with Crippen molar-refractivity contribution in [3.63, 3.8) is 0 Å². The molecule has 0 radical (unpaired) electrons. The first-order valence-electron chi connectivity index (χ1n) is 8.28. The highest BCUT2D eigenvalue weighted by molar-refractivity contribution is 5.92. The number of methoxy groups -OCH3 is 1. The number of carbonyl (C=O) groups excluding carboxylic acids is 1. The Balaban J connectivity index is 1.90. The first-order valence-corrected chi connectivity index (χ1v) is 8.28. The summed E-state index contributed by atoms with van der Waals surface area (Å²) in [5, 5.41) is 2.93. The summed E-state index contributed by atoms with van der Waals surface area (Å²) in [5.41, 5.74) is 2.43. The van der Waals surface area contributed by atoms with Crippen LogP contribution in [0.3, 0.4) is 0 Å². The zero-order valence-corrected chi connectivity index (χ0v) is 15.0. The Labute approximate surface area is 147 Å². The van der Waals surface area contributed by atoms with Gasteiger partial charge in [0.05, 0.1) is 18.1 Å². The van der Waals surface area contributed by atoms with Crippen molar-refractivity contribution in [2.45, 2.75) is 32.7 Å². The summed E-state index contributed by atoms with van der Waals surface area (Å²) in [7, 11) is 1.61. The van der Waals surface area contributed by atoms with Crippen molar-refractivity contribution in [1.29, 1.82) is 0 Å². The second kappa shape index (κ2) is 6.59. The van der Waals surface area contributed by atoms with Crippen molar-refractivity contribution >= 4 is 22.6 Å². The quantitative estimate of drug-likeness (QED) is 0.783. The maximum absolute atomic E-state index is 12.6. The van der Waals surface area contributed by atoms with Crippen LogP contribution in [0.2, 0.25) is 0 Å². The van der Waals surface area contributed by atoms with E-state index >= 15 is 0 Å². The zero-order chi connectivity index (χ0) is 18.0. The van der Waals surface area contributed by atoms with E-state index in [-0.39, 0.29) is 17.9 Å². The molecule has 0 saturated heterocycles. The van der Waals surface area contributed by atoms with E-state index in [1.165, 1.54) is 0 Å². The number of aromatic nitrogens is 2. The predicted octanol–water partition coefficient (Wildman–Crippen LogP) is 3.98. The number of ether oxygens (including phenoxy) is 1. The third kappa shape index (κ3) is 3.65. The zero-order valence-electron chi connectivity index (χ0n) is 15.0. The van der Waals surface area contributed by atoms with E-state index in [1.54, 1.807) is 13.2 Å². The van der Waals surface area contributed by atoms with E-state index in [2.05, 4.69) is 26.1 Å². The molecule has 130 valence electrons. The van der Waals surface area contributed by atoms with Gasteiger partial charge in [0, 0.05) is 17.2 Å². The fraction of sp³-hybridized carbons (Fsp3) is 0.300. The van der Waals surface area contributed by atoms with Gasteiger partial charge in [-0.2, -0.15) is 0 Å². The molecule has 0 fully saturated rings. The molecule has 0 spiro atoms. The molecule has 0 saturated carbocycles. The summed E-state index contributed by atoms with van der Waals surface area (Å²) in [6.07, 6.45) is 0. The third-order valence-electron chi connectivity index (χ3n) is 3.98. The molecule has 0 aliphatic rings. The molecule has 0 atom stereocenters. The molecule has 5 heteroatoms. The molecular weight excluding hydrogens is 314 g/mol. The average Bonchev–Trinajstić information content (AvgIpc) is 2.94. The van der Waals surface area contributed by atoms with E-state index in [4.69, 9.17) is 9.72 Å². The highest BCUT2D eigenvalue weighted by Crippen LogP contribution is 2.26. The van der Waals surface area contributed by atoms with Crippen LogP contribution in [-0.4, -0.2) is 22.6 Å². The van der Waals surface area contributed by atoms with Gasteiger partial charge in [-0.25, -0.2) is 4.98 Å². The van der Waals surface area contributed by atoms with Crippen LogP contribution in [0.5, 0.6) is 5.75 Å². The van der Waals surface area contributed by atoms with Crippen LogP contribution in [0, 0.1) is 0 Å². The first kappa shape index (κ1) is 17.0. The Morgan fingerprint density at radius 3 is 2.64 bits per heavy atom. The van der Waals surface area contributed by atoms with Crippen LogP contribution in [0.1, 0.15) is 26.6 Å². The standard InChI is InChI=1S/C20H23N3O2/c1-20(2,3)19-22-16-10-5-6-11-17(16)23(19)13-18(24)21-14-8-7-9-15(12-14)25-4/h5-12H,13H2,1-4H3,(H,21,24). The topological polar surface area (TPSA) is 56.1 Å². The number of hydrogen-bond acceptors (Lipinski definition) is 3. The van der Waals surface area contributed by atoms with Gasteiger partial charge < -0.3 is 14.6 Å². The van der Waals surface area contributed by atoms with Crippen molar-refractivity contribution < 1.29 is 9.53 Å². The van der Waals surface area contributed by atoms with E-state index in [0.717, 1.165) is 16.9 Å². The van der Waals surface area contributed by atoms with Crippen molar-refractivity contribution in [2.24, 2.45) is 0 Å². The van der Waals surface area contributed by atoms with Gasteiger partial charge in [0.25, 0.3) is 0 Å². The van der Waals surface area contributed by atoms with E-state index in [0.29, 0.717) is 11.4 Å². The fourth-order valence-corrected chi connectivity index (χ4v) is 2.85. The molecule has 0 aliphatic heterocycles. The number of anilines is 1. The molecule has 3 rings (SSSR count). The number of nitrogens with zero attached hydrogens (tertiary/aromatic N) is 2. The Morgan fingerprint density at radius 1 is 1.16 bits per heavy atom. The van der Waals surface area contributed by atoms with Crippen LogP contribution in [0.15, 0.2) is 48.5 Å². The molecule has 0 aliphatic carbocycles. The Kier molecular flexibility index (Phi) is 4.49. The SMILES string of the molecule is COc1cccc(NC(=O)Cn2c(C(C)(C)C)nc3ccccc32)c1. The summed E-state index contributed by atoms with van der Waals surface area (Å²) in [6, 6.07) is 15.2. The summed E-state index contributed by atoms with van der Waals surface area (Å²) < 4.78 is 7.19. The summed E-state index contributed by atoms with van der Waals surface area (Å²) in [6.45, 7) is 6.52. The molecule has 1 heterocycles. The maximum Gasteiger partial charge on any atom is 0.244 e. The monoisotopic (exact) mass is 337 g/mol. The number of fused-ring (bicyclic) bond motifs is 1. The number of nitrogens with one attached hydrogen (secondary N) is 1. The number of para-hydroxylation sites is 2. The molecule has 1 N–H and O–H groups in total. The van der Waals surface area contributed by atoms with Crippen molar-refractivity contribution in [1.82, 2.24) is 9.55 Å². The van der Waals surface area contributed by atoms with E-state index in [1.807, 2.05) is 47.0 Å². The highest BCUT2D eigenvalue weighted by atomic mass is 16.5. The van der Waals surface area contributed by atoms with Gasteiger partial charge >= 0.3 is 0 Å². The largest absolute Gasteiger partial charge is 0.497 e. The minimum Gasteiger partial charge on any atom is -0.497 e. The number of amides is 1. The van der Waals surface area contributed by atoms with Crippen LogP contribution >= 0.6 is 0 Å². The average molecular weight is 337 g/mol. The third-order valence-corrected chi connectivity index (χ3v) is 3.98.